The van der Waals surface area contributed by atoms with E-state index in [2.05, 4.69) is 34.7 Å². The molecule has 2 bridgehead atoms. The second kappa shape index (κ2) is 8.41. The third-order valence-corrected chi connectivity index (χ3v) is 7.58. The van der Waals surface area contributed by atoms with Crippen molar-refractivity contribution in [2.45, 2.75) is 70.0 Å². The van der Waals surface area contributed by atoms with Gasteiger partial charge in [-0.15, -0.1) is 11.3 Å². The van der Waals surface area contributed by atoms with E-state index in [1.807, 2.05) is 0 Å². The van der Waals surface area contributed by atoms with Crippen LogP contribution in [0.5, 0.6) is 0 Å². The van der Waals surface area contributed by atoms with Crippen LogP contribution in [0.25, 0.3) is 0 Å². The van der Waals surface area contributed by atoms with Crippen LogP contribution in [0, 0.1) is 11.8 Å². The minimum Gasteiger partial charge on any atom is -0.381 e. The van der Waals surface area contributed by atoms with E-state index >= 15 is 0 Å². The molecule has 4 rings (SSSR count). The van der Waals surface area contributed by atoms with Crippen LogP contribution in [0.1, 0.15) is 62.8 Å². The fraction of sp³-hybridized carbons (Fsp3) is 0.762. The van der Waals surface area contributed by atoms with E-state index < -0.39 is 0 Å². The Morgan fingerprint density at radius 3 is 2.65 bits per heavy atom. The maximum absolute atomic E-state index is 12.8. The molecule has 144 valence electrons. The topological polar surface area (TPSA) is 41.6 Å². The van der Waals surface area contributed by atoms with Crippen LogP contribution in [0.15, 0.2) is 17.5 Å². The van der Waals surface area contributed by atoms with E-state index in [0.29, 0.717) is 0 Å². The number of thiophene rings is 1. The molecule has 0 saturated carbocycles. The number of hydrogen-bond donors (Lipinski definition) is 1. The maximum atomic E-state index is 12.8. The lowest BCUT2D eigenvalue weighted by atomic mass is 9.92. The molecular formula is C21H32N2O2S. The summed E-state index contributed by atoms with van der Waals surface area (Å²) in [5.74, 6) is 1.23. The van der Waals surface area contributed by atoms with Gasteiger partial charge in [-0.2, -0.15) is 0 Å². The van der Waals surface area contributed by atoms with E-state index in [9.17, 15) is 4.79 Å². The fourth-order valence-electron chi connectivity index (χ4n) is 5.21. The molecule has 2 unspecified atom stereocenters. The first-order chi connectivity index (χ1) is 12.7. The maximum Gasteiger partial charge on any atom is 0.223 e. The third kappa shape index (κ3) is 4.15. The van der Waals surface area contributed by atoms with Gasteiger partial charge in [0.05, 0.1) is 6.04 Å². The third-order valence-electron chi connectivity index (χ3n) is 6.59. The second-order valence-corrected chi connectivity index (χ2v) is 9.43. The van der Waals surface area contributed by atoms with Gasteiger partial charge >= 0.3 is 0 Å². The summed E-state index contributed by atoms with van der Waals surface area (Å²) in [6.07, 6.45) is 8.19. The molecule has 3 atom stereocenters. The highest BCUT2D eigenvalue weighted by molar-refractivity contribution is 7.10. The van der Waals surface area contributed by atoms with Gasteiger partial charge in [-0.05, 0) is 62.3 Å². The summed E-state index contributed by atoms with van der Waals surface area (Å²) in [6, 6.07) is 5.98. The molecule has 0 aromatic carbocycles. The Morgan fingerprint density at radius 2 is 2.00 bits per heavy atom. The van der Waals surface area contributed by atoms with Crippen molar-refractivity contribution in [1.29, 1.82) is 0 Å². The highest BCUT2D eigenvalue weighted by atomic mass is 32.1. The zero-order valence-corrected chi connectivity index (χ0v) is 16.7. The number of nitrogens with one attached hydrogen (secondary N) is 1. The van der Waals surface area contributed by atoms with Crippen molar-refractivity contribution in [2.75, 3.05) is 19.8 Å². The zero-order valence-electron chi connectivity index (χ0n) is 15.9. The summed E-state index contributed by atoms with van der Waals surface area (Å²) >= 11 is 1.77. The number of carbonyl (C=O) groups is 1. The van der Waals surface area contributed by atoms with E-state index in [4.69, 9.17) is 4.74 Å². The number of nitrogens with zero attached hydrogens (tertiary/aromatic N) is 1. The minimum atomic E-state index is 0.123. The Hall–Kier alpha value is -0.910. The van der Waals surface area contributed by atoms with E-state index in [-0.39, 0.29) is 17.9 Å². The highest BCUT2D eigenvalue weighted by Crippen LogP contribution is 2.39. The second-order valence-electron chi connectivity index (χ2n) is 8.45. The van der Waals surface area contributed by atoms with E-state index in [1.54, 1.807) is 11.3 Å². The quantitative estimate of drug-likeness (QED) is 0.816. The summed E-state index contributed by atoms with van der Waals surface area (Å²) in [5, 5.41) is 5.50. The van der Waals surface area contributed by atoms with Crippen molar-refractivity contribution in [1.82, 2.24) is 10.2 Å². The van der Waals surface area contributed by atoms with Crippen LogP contribution in [0.4, 0.5) is 0 Å². The lowest BCUT2D eigenvalue weighted by Crippen LogP contribution is -2.44. The molecule has 0 radical (unpaired) electrons. The molecule has 0 spiro atoms. The first kappa shape index (κ1) is 18.5. The van der Waals surface area contributed by atoms with Crippen molar-refractivity contribution in [3.05, 3.63) is 22.4 Å². The number of carbonyl (C=O) groups excluding carboxylic acids is 1. The summed E-state index contributed by atoms with van der Waals surface area (Å²) < 4.78 is 5.41. The van der Waals surface area contributed by atoms with Crippen LogP contribution in [-0.2, 0) is 9.53 Å². The largest absolute Gasteiger partial charge is 0.381 e. The van der Waals surface area contributed by atoms with Gasteiger partial charge in [0.1, 0.15) is 0 Å². The summed E-state index contributed by atoms with van der Waals surface area (Å²) in [4.78, 5) is 16.8. The van der Waals surface area contributed by atoms with Gasteiger partial charge in [0, 0.05) is 42.6 Å². The van der Waals surface area contributed by atoms with Crippen molar-refractivity contribution in [3.8, 4) is 0 Å². The Labute approximate surface area is 161 Å². The molecule has 3 saturated heterocycles. The molecule has 3 aliphatic rings. The number of hydrogen-bond acceptors (Lipinski definition) is 4. The molecule has 3 aliphatic heterocycles. The Kier molecular flexibility index (Phi) is 5.97. The van der Waals surface area contributed by atoms with Crippen LogP contribution in [-0.4, -0.2) is 42.6 Å². The van der Waals surface area contributed by atoms with Gasteiger partial charge in [-0.25, -0.2) is 0 Å². The number of fused-ring (bicyclic) bond motifs is 2. The molecule has 1 amide bonds. The van der Waals surface area contributed by atoms with Crippen molar-refractivity contribution in [3.63, 3.8) is 0 Å². The van der Waals surface area contributed by atoms with Gasteiger partial charge in [0.25, 0.3) is 0 Å². The fourth-order valence-corrected chi connectivity index (χ4v) is 6.03. The van der Waals surface area contributed by atoms with Gasteiger partial charge in [0.2, 0.25) is 5.91 Å². The van der Waals surface area contributed by atoms with E-state index in [1.165, 1.54) is 30.6 Å². The molecule has 1 N–H and O–H groups in total. The number of piperidine rings is 1. The van der Waals surface area contributed by atoms with Crippen molar-refractivity contribution >= 4 is 17.2 Å². The summed E-state index contributed by atoms with van der Waals surface area (Å²) in [7, 11) is 0. The first-order valence-electron chi connectivity index (χ1n) is 10.4. The average molecular weight is 377 g/mol. The van der Waals surface area contributed by atoms with Crippen LogP contribution < -0.4 is 5.32 Å². The first-order valence-corrected chi connectivity index (χ1v) is 11.3. The molecule has 1 aromatic rings. The normalized spacial score (nSPS) is 31.0. The monoisotopic (exact) mass is 376 g/mol. The standard InChI is InChI=1S/C21H32N2O2S/c1-15-13-17-4-5-18(14-15)23(17)9-6-19(20-3-2-12-26-20)22-21(24)16-7-10-25-11-8-16/h2-3,12,15-19H,4-11,13-14H2,1H3,(H,22,24)/t15?,17?,18?,19-/m0/s1. The van der Waals surface area contributed by atoms with Gasteiger partial charge in [-0.1, -0.05) is 13.0 Å². The lowest BCUT2D eigenvalue weighted by molar-refractivity contribution is -0.128. The van der Waals surface area contributed by atoms with Crippen LogP contribution >= 0.6 is 11.3 Å². The number of amides is 1. The minimum absolute atomic E-state index is 0.123. The molecule has 5 heteroatoms. The average Bonchev–Trinajstić information content (AvgIpc) is 3.26. The van der Waals surface area contributed by atoms with Crippen molar-refractivity contribution in [2.24, 2.45) is 11.8 Å². The number of ether oxygens (including phenoxy) is 1. The zero-order chi connectivity index (χ0) is 17.9. The Morgan fingerprint density at radius 1 is 1.27 bits per heavy atom. The molecular weight excluding hydrogens is 344 g/mol. The predicted molar refractivity (Wildman–Crippen MR) is 105 cm³/mol. The molecule has 4 heterocycles. The molecule has 26 heavy (non-hydrogen) atoms. The van der Waals surface area contributed by atoms with E-state index in [0.717, 1.165) is 57.0 Å². The van der Waals surface area contributed by atoms with Gasteiger partial charge < -0.3 is 10.1 Å². The molecule has 1 aromatic heterocycles. The molecule has 4 nitrogen and oxygen atoms in total. The smallest absolute Gasteiger partial charge is 0.223 e. The SMILES string of the molecule is CC1CC2CCC(C1)N2CC[C@H](NC(=O)C1CCOCC1)c1cccs1. The van der Waals surface area contributed by atoms with Crippen LogP contribution in [0.2, 0.25) is 0 Å². The number of rotatable bonds is 6. The predicted octanol–water partition coefficient (Wildman–Crippen LogP) is 3.99. The summed E-state index contributed by atoms with van der Waals surface area (Å²) in [5.41, 5.74) is 0. The Balaban J connectivity index is 1.37. The molecule has 0 aliphatic carbocycles. The summed E-state index contributed by atoms with van der Waals surface area (Å²) in [6.45, 7) is 4.96. The highest BCUT2D eigenvalue weighted by Gasteiger charge is 2.39. The van der Waals surface area contributed by atoms with Gasteiger partial charge in [-0.3, -0.25) is 9.69 Å². The van der Waals surface area contributed by atoms with Crippen LogP contribution in [0.3, 0.4) is 0 Å². The molecule has 3 fully saturated rings. The van der Waals surface area contributed by atoms with Crippen molar-refractivity contribution < 1.29 is 9.53 Å². The lowest BCUT2D eigenvalue weighted by Gasteiger charge is -2.38. The Bertz CT molecular complexity index is 571. The van der Waals surface area contributed by atoms with Gasteiger partial charge in [0.15, 0.2) is 0 Å².